The van der Waals surface area contributed by atoms with Gasteiger partial charge in [-0.25, -0.2) is 8.42 Å². The predicted octanol–water partition coefficient (Wildman–Crippen LogP) is 3.55. The summed E-state index contributed by atoms with van der Waals surface area (Å²) in [5, 5.41) is 13.0. The highest BCUT2D eigenvalue weighted by Crippen LogP contribution is 2.37. The second kappa shape index (κ2) is 8.71. The van der Waals surface area contributed by atoms with Crippen LogP contribution in [0, 0.1) is 11.3 Å². The standard InChI is InChI=1S/C22H25N3O4S2/c1-14-12-25(13-15(2)29-14)31(27,28)17-9-7-16(8-10-17)21(26)24-22-19(11-23)18-5-3-4-6-20(18)30-22/h7-10,14-15H,3-6,12-13H2,1-2H3,(H,24,26)/t14-,15+. The Bertz CT molecular complexity index is 1120. The number of benzene rings is 1. The van der Waals surface area contributed by atoms with Gasteiger partial charge in [-0.05, 0) is 69.4 Å². The predicted molar refractivity (Wildman–Crippen MR) is 119 cm³/mol. The Morgan fingerprint density at radius 2 is 1.81 bits per heavy atom. The molecule has 164 valence electrons. The number of amides is 1. The molecule has 1 saturated heterocycles. The van der Waals surface area contributed by atoms with E-state index in [0.29, 0.717) is 29.2 Å². The third-order valence-corrected chi connectivity index (χ3v) is 8.70. The number of nitriles is 1. The monoisotopic (exact) mass is 459 g/mol. The highest BCUT2D eigenvalue weighted by atomic mass is 32.2. The Kier molecular flexibility index (Phi) is 6.17. The Morgan fingerprint density at radius 3 is 2.45 bits per heavy atom. The summed E-state index contributed by atoms with van der Waals surface area (Å²) in [6, 6.07) is 8.17. The molecule has 1 aromatic heterocycles. The number of fused-ring (bicyclic) bond motifs is 1. The van der Waals surface area contributed by atoms with Gasteiger partial charge >= 0.3 is 0 Å². The van der Waals surface area contributed by atoms with Gasteiger partial charge in [0.25, 0.3) is 5.91 Å². The lowest BCUT2D eigenvalue weighted by Gasteiger charge is -2.34. The lowest BCUT2D eigenvalue weighted by molar-refractivity contribution is -0.0440. The van der Waals surface area contributed by atoms with Crippen LogP contribution < -0.4 is 5.32 Å². The summed E-state index contributed by atoms with van der Waals surface area (Å²) >= 11 is 1.47. The van der Waals surface area contributed by atoms with E-state index in [1.165, 1.54) is 44.8 Å². The first kappa shape index (κ1) is 22.0. The van der Waals surface area contributed by atoms with Crippen molar-refractivity contribution in [2.75, 3.05) is 18.4 Å². The van der Waals surface area contributed by atoms with Crippen molar-refractivity contribution in [2.45, 2.75) is 56.6 Å². The molecule has 9 heteroatoms. The van der Waals surface area contributed by atoms with Crippen LogP contribution in [0.4, 0.5) is 5.00 Å². The van der Waals surface area contributed by atoms with E-state index in [1.54, 1.807) is 0 Å². The van der Waals surface area contributed by atoms with Gasteiger partial charge in [0.2, 0.25) is 10.0 Å². The largest absolute Gasteiger partial charge is 0.373 e. The molecule has 2 aromatic rings. The van der Waals surface area contributed by atoms with Crippen molar-refractivity contribution in [3.8, 4) is 6.07 Å². The summed E-state index contributed by atoms with van der Waals surface area (Å²) in [6.07, 6.45) is 3.63. The molecule has 7 nitrogen and oxygen atoms in total. The van der Waals surface area contributed by atoms with Crippen LogP contribution in [0.15, 0.2) is 29.2 Å². The number of thiophene rings is 1. The molecule has 0 spiro atoms. The molecule has 2 atom stereocenters. The number of anilines is 1. The summed E-state index contributed by atoms with van der Waals surface area (Å²) in [5.41, 5.74) is 1.96. The van der Waals surface area contributed by atoms with Crippen LogP contribution in [0.2, 0.25) is 0 Å². The van der Waals surface area contributed by atoms with E-state index in [9.17, 15) is 18.5 Å². The second-order valence-corrected chi connectivity index (χ2v) is 11.1. The molecular formula is C22H25N3O4S2. The smallest absolute Gasteiger partial charge is 0.256 e. The number of ether oxygens (including phenoxy) is 1. The number of rotatable bonds is 4. The van der Waals surface area contributed by atoms with E-state index in [-0.39, 0.29) is 23.0 Å². The maximum atomic E-state index is 13.0. The van der Waals surface area contributed by atoms with Gasteiger partial charge in [0, 0.05) is 23.5 Å². The van der Waals surface area contributed by atoms with Crippen LogP contribution in [0.25, 0.3) is 0 Å². The third-order valence-electron chi connectivity index (χ3n) is 5.65. The van der Waals surface area contributed by atoms with Crippen molar-refractivity contribution in [1.82, 2.24) is 4.31 Å². The molecule has 0 unspecified atom stereocenters. The van der Waals surface area contributed by atoms with Crippen LogP contribution in [0.3, 0.4) is 0 Å². The number of aryl methyl sites for hydroxylation is 1. The van der Waals surface area contributed by atoms with Crippen LogP contribution in [0.5, 0.6) is 0 Å². The molecule has 1 fully saturated rings. The first-order chi connectivity index (χ1) is 14.8. The molecule has 1 aliphatic heterocycles. The molecular weight excluding hydrogens is 434 g/mol. The molecule has 2 aliphatic rings. The zero-order valence-corrected chi connectivity index (χ0v) is 19.2. The molecule has 1 amide bonds. The minimum atomic E-state index is -3.66. The number of carbonyl (C=O) groups is 1. The number of carbonyl (C=O) groups excluding carboxylic acids is 1. The van der Waals surface area contributed by atoms with Gasteiger partial charge in [-0.1, -0.05) is 0 Å². The first-order valence-electron chi connectivity index (χ1n) is 10.4. The number of sulfonamides is 1. The molecule has 0 radical (unpaired) electrons. The van der Waals surface area contributed by atoms with Crippen LogP contribution in [0.1, 0.15) is 53.1 Å². The van der Waals surface area contributed by atoms with Gasteiger partial charge in [-0.15, -0.1) is 11.3 Å². The van der Waals surface area contributed by atoms with Crippen molar-refractivity contribution in [2.24, 2.45) is 0 Å². The van der Waals surface area contributed by atoms with Gasteiger partial charge < -0.3 is 10.1 Å². The van der Waals surface area contributed by atoms with E-state index < -0.39 is 10.0 Å². The Labute approximate surface area is 186 Å². The van der Waals surface area contributed by atoms with Gasteiger partial charge in [0.15, 0.2) is 0 Å². The lowest BCUT2D eigenvalue weighted by Crippen LogP contribution is -2.48. The van der Waals surface area contributed by atoms with Crippen molar-refractivity contribution in [1.29, 1.82) is 5.26 Å². The average molecular weight is 460 g/mol. The summed E-state index contributed by atoms with van der Waals surface area (Å²) in [5.74, 6) is -0.354. The summed E-state index contributed by atoms with van der Waals surface area (Å²) in [4.78, 5) is 14.1. The number of nitrogens with one attached hydrogen (secondary N) is 1. The average Bonchev–Trinajstić information content (AvgIpc) is 3.10. The summed E-state index contributed by atoms with van der Waals surface area (Å²) in [6.45, 7) is 4.30. The highest BCUT2D eigenvalue weighted by molar-refractivity contribution is 7.89. The quantitative estimate of drug-likeness (QED) is 0.754. The van der Waals surface area contributed by atoms with E-state index in [4.69, 9.17) is 4.74 Å². The fourth-order valence-corrected chi connectivity index (χ4v) is 7.03. The molecule has 31 heavy (non-hydrogen) atoms. The number of hydrogen-bond acceptors (Lipinski definition) is 6. The molecule has 4 rings (SSSR count). The van der Waals surface area contributed by atoms with Gasteiger partial charge in [0.1, 0.15) is 11.1 Å². The van der Waals surface area contributed by atoms with E-state index in [1.807, 2.05) is 13.8 Å². The minimum Gasteiger partial charge on any atom is -0.373 e. The van der Waals surface area contributed by atoms with Crippen LogP contribution in [-0.4, -0.2) is 43.9 Å². The van der Waals surface area contributed by atoms with Crippen molar-refractivity contribution < 1.29 is 17.9 Å². The van der Waals surface area contributed by atoms with Gasteiger partial charge in [0.05, 0.1) is 22.7 Å². The molecule has 1 N–H and O–H groups in total. The molecule has 1 aromatic carbocycles. The number of morpholine rings is 1. The molecule has 2 heterocycles. The maximum Gasteiger partial charge on any atom is 0.256 e. The molecule has 1 aliphatic carbocycles. The summed E-state index contributed by atoms with van der Waals surface area (Å²) < 4.78 is 33.0. The van der Waals surface area contributed by atoms with E-state index in [2.05, 4.69) is 11.4 Å². The molecule has 0 saturated carbocycles. The first-order valence-corrected chi connectivity index (χ1v) is 12.7. The van der Waals surface area contributed by atoms with Gasteiger partial charge in [-0.2, -0.15) is 9.57 Å². The van der Waals surface area contributed by atoms with E-state index in [0.717, 1.165) is 31.2 Å². The van der Waals surface area contributed by atoms with Crippen molar-refractivity contribution in [3.63, 3.8) is 0 Å². The number of nitrogens with zero attached hydrogens (tertiary/aromatic N) is 2. The Balaban J connectivity index is 1.52. The number of hydrogen-bond donors (Lipinski definition) is 1. The zero-order chi connectivity index (χ0) is 22.2. The van der Waals surface area contributed by atoms with Crippen molar-refractivity contribution in [3.05, 3.63) is 45.8 Å². The second-order valence-electron chi connectivity index (χ2n) is 8.08. The van der Waals surface area contributed by atoms with E-state index >= 15 is 0 Å². The zero-order valence-electron chi connectivity index (χ0n) is 17.6. The van der Waals surface area contributed by atoms with Crippen molar-refractivity contribution >= 4 is 32.3 Å². The molecule has 0 bridgehead atoms. The Hall–Kier alpha value is -2.25. The maximum absolute atomic E-state index is 13.0. The van der Waals surface area contributed by atoms with Crippen LogP contribution in [-0.2, 0) is 27.6 Å². The minimum absolute atomic E-state index is 0.148. The SMILES string of the molecule is C[C@@H]1CN(S(=O)(=O)c2ccc(C(=O)Nc3sc4c(c3C#N)CCCC4)cc2)C[C@H](C)O1. The normalized spacial score (nSPS) is 21.8. The third kappa shape index (κ3) is 4.39. The lowest BCUT2D eigenvalue weighted by atomic mass is 9.96. The van der Waals surface area contributed by atoms with Crippen LogP contribution >= 0.6 is 11.3 Å². The summed E-state index contributed by atoms with van der Waals surface area (Å²) in [7, 11) is -3.66. The topological polar surface area (TPSA) is 99.5 Å². The Morgan fingerprint density at radius 1 is 1.16 bits per heavy atom. The fraction of sp³-hybridized carbons (Fsp3) is 0.455. The fourth-order valence-electron chi connectivity index (χ4n) is 4.20. The van der Waals surface area contributed by atoms with Gasteiger partial charge in [-0.3, -0.25) is 4.79 Å². The highest BCUT2D eigenvalue weighted by Gasteiger charge is 2.32.